The van der Waals surface area contributed by atoms with E-state index >= 15 is 0 Å². The molecule has 1 amide bonds. The van der Waals surface area contributed by atoms with E-state index in [2.05, 4.69) is 21.2 Å². The third-order valence-electron chi connectivity index (χ3n) is 3.18. The van der Waals surface area contributed by atoms with E-state index in [1.165, 1.54) is 11.2 Å². The molecule has 20 heavy (non-hydrogen) atoms. The zero-order valence-electron chi connectivity index (χ0n) is 10.4. The summed E-state index contributed by atoms with van der Waals surface area (Å²) >= 11 is 11.1. The number of halogens is 2. The molecule has 0 spiro atoms. The van der Waals surface area contributed by atoms with Gasteiger partial charge in [0.15, 0.2) is 4.67 Å². The van der Waals surface area contributed by atoms with Crippen LogP contribution in [0.2, 0.25) is 5.02 Å². The molecule has 0 fully saturated rings. The zero-order chi connectivity index (χ0) is 14.1. The molecule has 0 radical (unpaired) electrons. The first-order valence-electron chi connectivity index (χ1n) is 6.11. The van der Waals surface area contributed by atoms with Crippen molar-refractivity contribution in [3.63, 3.8) is 0 Å². The maximum atomic E-state index is 12.2. The fourth-order valence-electron chi connectivity index (χ4n) is 2.21. The van der Waals surface area contributed by atoms with Crippen LogP contribution in [0, 0.1) is 0 Å². The molecule has 1 aromatic heterocycles. The van der Waals surface area contributed by atoms with E-state index in [9.17, 15) is 4.79 Å². The first kappa shape index (κ1) is 14.0. The van der Waals surface area contributed by atoms with Crippen LogP contribution in [0.4, 0.5) is 0 Å². The minimum absolute atomic E-state index is 0.0146. The largest absolute Gasteiger partial charge is 0.457 e. The molecule has 104 valence electrons. The third-order valence-corrected chi connectivity index (χ3v) is 5.15. The van der Waals surface area contributed by atoms with Crippen LogP contribution in [0.1, 0.15) is 28.4 Å². The van der Waals surface area contributed by atoms with Crippen molar-refractivity contribution in [2.24, 2.45) is 0 Å². The predicted molar refractivity (Wildman–Crippen MR) is 83.4 cm³/mol. The van der Waals surface area contributed by atoms with E-state index in [1.807, 2.05) is 18.2 Å². The SMILES string of the molecule is O=C(NC1CCSc2ccc(Cl)cc21)c1ccoc1Br. The lowest BCUT2D eigenvalue weighted by atomic mass is 10.0. The van der Waals surface area contributed by atoms with Gasteiger partial charge in [0, 0.05) is 15.7 Å². The maximum absolute atomic E-state index is 12.2. The highest BCUT2D eigenvalue weighted by Crippen LogP contribution is 2.37. The van der Waals surface area contributed by atoms with Gasteiger partial charge in [0.25, 0.3) is 5.91 Å². The number of nitrogens with one attached hydrogen (secondary N) is 1. The van der Waals surface area contributed by atoms with Crippen molar-refractivity contribution in [1.82, 2.24) is 5.32 Å². The van der Waals surface area contributed by atoms with E-state index in [-0.39, 0.29) is 11.9 Å². The number of furan rings is 1. The Morgan fingerprint density at radius 3 is 3.05 bits per heavy atom. The Balaban J connectivity index is 1.85. The summed E-state index contributed by atoms with van der Waals surface area (Å²) in [5.41, 5.74) is 1.59. The van der Waals surface area contributed by atoms with E-state index in [0.29, 0.717) is 15.3 Å². The second-order valence-electron chi connectivity index (χ2n) is 4.45. The normalized spacial score (nSPS) is 17.6. The van der Waals surface area contributed by atoms with Gasteiger partial charge in [-0.25, -0.2) is 0 Å². The molecule has 0 aliphatic carbocycles. The van der Waals surface area contributed by atoms with Gasteiger partial charge in [-0.2, -0.15) is 0 Å². The van der Waals surface area contributed by atoms with Gasteiger partial charge in [-0.1, -0.05) is 11.6 Å². The zero-order valence-corrected chi connectivity index (χ0v) is 13.5. The van der Waals surface area contributed by atoms with Crippen LogP contribution >= 0.6 is 39.3 Å². The molecule has 2 aromatic rings. The van der Waals surface area contributed by atoms with Crippen molar-refractivity contribution in [3.05, 3.63) is 51.3 Å². The van der Waals surface area contributed by atoms with Crippen LogP contribution < -0.4 is 5.32 Å². The van der Waals surface area contributed by atoms with Gasteiger partial charge in [-0.05, 0) is 52.2 Å². The Morgan fingerprint density at radius 2 is 2.30 bits per heavy atom. The highest BCUT2D eigenvalue weighted by atomic mass is 79.9. The van der Waals surface area contributed by atoms with Crippen molar-refractivity contribution in [2.75, 3.05) is 5.75 Å². The Labute approximate surface area is 134 Å². The summed E-state index contributed by atoms with van der Waals surface area (Å²) in [7, 11) is 0. The number of carbonyl (C=O) groups is 1. The topological polar surface area (TPSA) is 42.2 Å². The summed E-state index contributed by atoms with van der Waals surface area (Å²) in [5.74, 6) is 0.833. The number of fused-ring (bicyclic) bond motifs is 1. The van der Waals surface area contributed by atoms with E-state index in [1.54, 1.807) is 17.8 Å². The summed E-state index contributed by atoms with van der Waals surface area (Å²) in [5, 5.41) is 3.73. The van der Waals surface area contributed by atoms with E-state index in [0.717, 1.165) is 17.7 Å². The number of benzene rings is 1. The van der Waals surface area contributed by atoms with E-state index in [4.69, 9.17) is 16.0 Å². The second-order valence-corrected chi connectivity index (χ2v) is 6.75. The van der Waals surface area contributed by atoms with Gasteiger partial charge in [-0.15, -0.1) is 11.8 Å². The van der Waals surface area contributed by atoms with Gasteiger partial charge in [0.1, 0.15) is 0 Å². The lowest BCUT2D eigenvalue weighted by molar-refractivity contribution is 0.0933. The van der Waals surface area contributed by atoms with Crippen molar-refractivity contribution in [1.29, 1.82) is 0 Å². The summed E-state index contributed by atoms with van der Waals surface area (Å²) in [6.07, 6.45) is 2.37. The van der Waals surface area contributed by atoms with Crippen molar-refractivity contribution < 1.29 is 9.21 Å². The Bertz CT molecular complexity index is 658. The van der Waals surface area contributed by atoms with Crippen LogP contribution in [0.5, 0.6) is 0 Å². The standard InChI is InChI=1S/C14H11BrClNO2S/c15-13-9(3-5-19-13)14(18)17-11-4-6-20-12-2-1-8(16)7-10(11)12/h1-3,5,7,11H,4,6H2,(H,17,18). The van der Waals surface area contributed by atoms with Gasteiger partial charge < -0.3 is 9.73 Å². The molecule has 6 heteroatoms. The molecule has 3 rings (SSSR count). The molecule has 1 atom stereocenters. The first-order valence-corrected chi connectivity index (χ1v) is 8.27. The number of hydrogen-bond acceptors (Lipinski definition) is 3. The van der Waals surface area contributed by atoms with Crippen LogP contribution in [0.3, 0.4) is 0 Å². The average molecular weight is 373 g/mol. The van der Waals surface area contributed by atoms with Crippen LogP contribution in [-0.4, -0.2) is 11.7 Å². The van der Waals surface area contributed by atoms with Crippen LogP contribution in [0.15, 0.2) is 44.5 Å². The number of amides is 1. The maximum Gasteiger partial charge on any atom is 0.256 e. The molecule has 2 heterocycles. The summed E-state index contributed by atoms with van der Waals surface area (Å²) in [6.45, 7) is 0. The van der Waals surface area contributed by atoms with Crippen LogP contribution in [0.25, 0.3) is 0 Å². The van der Waals surface area contributed by atoms with Crippen molar-refractivity contribution >= 4 is 45.2 Å². The molecule has 1 N–H and O–H groups in total. The number of rotatable bonds is 2. The molecule has 0 bridgehead atoms. The average Bonchev–Trinajstić information content (AvgIpc) is 2.86. The van der Waals surface area contributed by atoms with Crippen molar-refractivity contribution in [2.45, 2.75) is 17.4 Å². The molecule has 0 saturated carbocycles. The Morgan fingerprint density at radius 1 is 1.45 bits per heavy atom. The lowest BCUT2D eigenvalue weighted by Crippen LogP contribution is -2.30. The Hall–Kier alpha value is -0.910. The van der Waals surface area contributed by atoms with Gasteiger partial charge >= 0.3 is 0 Å². The molecule has 1 aliphatic heterocycles. The molecule has 0 saturated heterocycles. The number of hydrogen-bond donors (Lipinski definition) is 1. The minimum Gasteiger partial charge on any atom is -0.457 e. The lowest BCUT2D eigenvalue weighted by Gasteiger charge is -2.26. The molecule has 1 aromatic carbocycles. The monoisotopic (exact) mass is 371 g/mol. The smallest absolute Gasteiger partial charge is 0.256 e. The fraction of sp³-hybridized carbons (Fsp3) is 0.214. The molecule has 1 unspecified atom stereocenters. The second kappa shape index (κ2) is 5.84. The minimum atomic E-state index is -0.145. The van der Waals surface area contributed by atoms with Gasteiger partial charge in [0.05, 0.1) is 17.9 Å². The molecule has 3 nitrogen and oxygen atoms in total. The van der Waals surface area contributed by atoms with Crippen molar-refractivity contribution in [3.8, 4) is 0 Å². The fourth-order valence-corrected chi connectivity index (χ4v) is 3.91. The summed E-state index contributed by atoms with van der Waals surface area (Å²) < 4.78 is 5.54. The number of carbonyl (C=O) groups excluding carboxylic acids is 1. The van der Waals surface area contributed by atoms with E-state index < -0.39 is 0 Å². The first-order chi connectivity index (χ1) is 9.65. The predicted octanol–water partition coefficient (Wildman–Crippen LogP) is 4.66. The van der Waals surface area contributed by atoms with Crippen LogP contribution in [-0.2, 0) is 0 Å². The number of thioether (sulfide) groups is 1. The quantitative estimate of drug-likeness (QED) is 0.833. The summed E-state index contributed by atoms with van der Waals surface area (Å²) in [4.78, 5) is 13.4. The highest BCUT2D eigenvalue weighted by Gasteiger charge is 2.24. The molecular weight excluding hydrogens is 362 g/mol. The Kier molecular flexibility index (Phi) is 4.10. The third kappa shape index (κ3) is 2.75. The van der Waals surface area contributed by atoms with Gasteiger partial charge in [-0.3, -0.25) is 4.79 Å². The van der Waals surface area contributed by atoms with Gasteiger partial charge in [0.2, 0.25) is 0 Å². The molecule has 1 aliphatic rings. The summed E-state index contributed by atoms with van der Waals surface area (Å²) in [6, 6.07) is 7.45. The molecular formula is C14H11BrClNO2S. The highest BCUT2D eigenvalue weighted by molar-refractivity contribution is 9.10.